The SMILES string of the molecule is CCN(CC)[C@H]1CCc2c(Cl)c(OC)c(OC)c(OC)c2-c2ccc(OC)c(=O)cc21. The van der Waals surface area contributed by atoms with Crippen LogP contribution in [0.1, 0.15) is 37.4 Å². The summed E-state index contributed by atoms with van der Waals surface area (Å²) in [6.07, 6.45) is 1.50. The molecule has 0 bridgehead atoms. The minimum atomic E-state index is -0.158. The van der Waals surface area contributed by atoms with Gasteiger partial charge in [0.2, 0.25) is 11.2 Å². The first-order valence-electron chi connectivity index (χ1n) is 10.4. The Hall–Kier alpha value is -2.44. The highest BCUT2D eigenvalue weighted by atomic mass is 35.5. The van der Waals surface area contributed by atoms with Gasteiger partial charge in [0.1, 0.15) is 0 Å². The number of benzene rings is 1. The monoisotopic (exact) mass is 447 g/mol. The molecule has 0 unspecified atom stereocenters. The van der Waals surface area contributed by atoms with Gasteiger partial charge in [-0.1, -0.05) is 31.5 Å². The predicted octanol–water partition coefficient (Wildman–Crippen LogP) is 4.73. The lowest BCUT2D eigenvalue weighted by molar-refractivity contribution is 0.209. The van der Waals surface area contributed by atoms with Crippen molar-refractivity contribution in [2.45, 2.75) is 32.7 Å². The van der Waals surface area contributed by atoms with Crippen LogP contribution >= 0.6 is 11.6 Å². The van der Waals surface area contributed by atoms with Crippen molar-refractivity contribution in [3.8, 4) is 34.1 Å². The van der Waals surface area contributed by atoms with E-state index in [1.54, 1.807) is 33.5 Å². The van der Waals surface area contributed by atoms with Gasteiger partial charge in [-0.05, 0) is 54.8 Å². The number of ether oxygens (including phenoxy) is 4. The Kier molecular flexibility index (Phi) is 7.34. The molecule has 1 aliphatic rings. The number of rotatable bonds is 7. The Morgan fingerprint density at radius 2 is 1.61 bits per heavy atom. The van der Waals surface area contributed by atoms with Gasteiger partial charge in [-0.3, -0.25) is 9.69 Å². The normalized spacial score (nSPS) is 15.0. The van der Waals surface area contributed by atoms with E-state index in [0.29, 0.717) is 34.4 Å². The molecule has 0 saturated heterocycles. The van der Waals surface area contributed by atoms with Gasteiger partial charge < -0.3 is 18.9 Å². The molecule has 31 heavy (non-hydrogen) atoms. The van der Waals surface area contributed by atoms with E-state index < -0.39 is 0 Å². The summed E-state index contributed by atoms with van der Waals surface area (Å²) in [5.74, 6) is 1.71. The van der Waals surface area contributed by atoms with Crippen LogP contribution in [-0.4, -0.2) is 46.4 Å². The highest BCUT2D eigenvalue weighted by Crippen LogP contribution is 2.54. The number of hydrogen-bond acceptors (Lipinski definition) is 6. The van der Waals surface area contributed by atoms with E-state index in [1.807, 2.05) is 6.07 Å². The van der Waals surface area contributed by atoms with E-state index in [0.717, 1.165) is 41.8 Å². The summed E-state index contributed by atoms with van der Waals surface area (Å²) in [5, 5.41) is 0.502. The Morgan fingerprint density at radius 1 is 0.968 bits per heavy atom. The fraction of sp³-hybridized carbons (Fsp3) is 0.458. The van der Waals surface area contributed by atoms with Crippen molar-refractivity contribution in [2.24, 2.45) is 0 Å². The molecule has 7 heteroatoms. The largest absolute Gasteiger partial charge is 0.493 e. The molecule has 0 fully saturated rings. The Balaban J connectivity index is 2.49. The zero-order valence-electron chi connectivity index (χ0n) is 19.0. The summed E-state index contributed by atoms with van der Waals surface area (Å²) in [4.78, 5) is 15.2. The number of hydrogen-bond donors (Lipinski definition) is 0. The number of halogens is 1. The molecular formula is C24H30ClNO5. The van der Waals surface area contributed by atoms with E-state index in [-0.39, 0.29) is 11.5 Å². The third-order valence-corrected chi connectivity index (χ3v) is 6.43. The topological polar surface area (TPSA) is 57.2 Å². The first-order valence-corrected chi connectivity index (χ1v) is 10.8. The van der Waals surface area contributed by atoms with Gasteiger partial charge in [-0.25, -0.2) is 0 Å². The summed E-state index contributed by atoms with van der Waals surface area (Å²) < 4.78 is 22.4. The number of fused-ring (bicyclic) bond motifs is 3. The fourth-order valence-electron chi connectivity index (χ4n) is 4.56. The van der Waals surface area contributed by atoms with Crippen molar-refractivity contribution in [1.82, 2.24) is 4.90 Å². The van der Waals surface area contributed by atoms with E-state index in [2.05, 4.69) is 18.7 Å². The summed E-state index contributed by atoms with van der Waals surface area (Å²) in [6.45, 7) is 5.97. The lowest BCUT2D eigenvalue weighted by Gasteiger charge is -2.29. The van der Waals surface area contributed by atoms with Crippen molar-refractivity contribution < 1.29 is 18.9 Å². The molecule has 0 saturated carbocycles. The minimum Gasteiger partial charge on any atom is -0.493 e. The van der Waals surface area contributed by atoms with Gasteiger partial charge in [-0.2, -0.15) is 0 Å². The molecule has 0 amide bonds. The molecule has 2 aromatic carbocycles. The van der Waals surface area contributed by atoms with Crippen LogP contribution in [0, 0.1) is 0 Å². The molecule has 3 rings (SSSR count). The van der Waals surface area contributed by atoms with Crippen LogP contribution in [0.25, 0.3) is 11.1 Å². The third kappa shape index (κ3) is 3.94. The molecule has 0 heterocycles. The molecule has 1 aliphatic carbocycles. The van der Waals surface area contributed by atoms with E-state index in [4.69, 9.17) is 30.5 Å². The standard InChI is InChI=1S/C24H30ClNO5/c1-7-26(8-2)17-11-9-15-20(14-10-12-19(28-3)18(27)13-16(14)17)22(29-4)24(31-6)23(30-5)21(15)25/h10,12-13,17H,7-9,11H2,1-6H3/t17-/m0/s1. The Labute approximate surface area is 188 Å². The minimum absolute atomic E-state index is 0.0416. The Bertz CT molecular complexity index is 1020. The van der Waals surface area contributed by atoms with Crippen LogP contribution in [0.4, 0.5) is 0 Å². The lowest BCUT2D eigenvalue weighted by atomic mass is 9.95. The van der Waals surface area contributed by atoms with Crippen molar-refractivity contribution in [2.75, 3.05) is 41.5 Å². The summed E-state index contributed by atoms with van der Waals surface area (Å²) >= 11 is 6.84. The van der Waals surface area contributed by atoms with Gasteiger partial charge in [0, 0.05) is 11.6 Å². The van der Waals surface area contributed by atoms with E-state index in [1.165, 1.54) is 7.11 Å². The average Bonchev–Trinajstić information content (AvgIpc) is 3.03. The maximum atomic E-state index is 12.9. The quantitative estimate of drug-likeness (QED) is 0.611. The third-order valence-electron chi connectivity index (χ3n) is 6.03. The maximum Gasteiger partial charge on any atom is 0.220 e. The van der Waals surface area contributed by atoms with Gasteiger partial charge in [-0.15, -0.1) is 0 Å². The van der Waals surface area contributed by atoms with E-state index >= 15 is 0 Å². The molecule has 168 valence electrons. The molecule has 1 atom stereocenters. The van der Waals surface area contributed by atoms with Crippen LogP contribution in [0.5, 0.6) is 23.0 Å². The average molecular weight is 448 g/mol. The lowest BCUT2D eigenvalue weighted by Crippen LogP contribution is -2.29. The highest BCUT2D eigenvalue weighted by Gasteiger charge is 2.33. The Morgan fingerprint density at radius 3 is 2.16 bits per heavy atom. The van der Waals surface area contributed by atoms with E-state index in [9.17, 15) is 4.79 Å². The van der Waals surface area contributed by atoms with Crippen LogP contribution < -0.4 is 24.4 Å². The second-order valence-electron chi connectivity index (χ2n) is 7.32. The summed E-state index contributed by atoms with van der Waals surface area (Å²) in [5.41, 5.74) is 3.40. The molecule has 6 nitrogen and oxygen atoms in total. The zero-order chi connectivity index (χ0) is 22.7. The van der Waals surface area contributed by atoms with Crippen LogP contribution in [0.3, 0.4) is 0 Å². The number of nitrogens with zero attached hydrogens (tertiary/aromatic N) is 1. The second kappa shape index (κ2) is 9.79. The molecule has 0 aromatic heterocycles. The van der Waals surface area contributed by atoms with Crippen molar-refractivity contribution in [3.05, 3.63) is 44.6 Å². The first kappa shape index (κ1) is 23.2. The second-order valence-corrected chi connectivity index (χ2v) is 7.70. The molecule has 2 aromatic rings. The van der Waals surface area contributed by atoms with Crippen LogP contribution in [0.15, 0.2) is 23.0 Å². The molecule has 0 N–H and O–H groups in total. The highest BCUT2D eigenvalue weighted by molar-refractivity contribution is 6.34. The number of methoxy groups -OCH3 is 4. The molecule has 0 radical (unpaired) electrons. The van der Waals surface area contributed by atoms with Crippen LogP contribution in [-0.2, 0) is 6.42 Å². The summed E-state index contributed by atoms with van der Waals surface area (Å²) in [6, 6.07) is 5.36. The summed E-state index contributed by atoms with van der Waals surface area (Å²) in [7, 11) is 6.22. The van der Waals surface area contributed by atoms with Gasteiger partial charge >= 0.3 is 0 Å². The molecule has 0 spiro atoms. The smallest absolute Gasteiger partial charge is 0.220 e. The van der Waals surface area contributed by atoms with Gasteiger partial charge in [0.25, 0.3) is 0 Å². The van der Waals surface area contributed by atoms with Crippen LogP contribution in [0.2, 0.25) is 5.02 Å². The maximum absolute atomic E-state index is 12.9. The predicted molar refractivity (Wildman–Crippen MR) is 123 cm³/mol. The fourth-order valence-corrected chi connectivity index (χ4v) is 4.91. The van der Waals surface area contributed by atoms with Gasteiger partial charge in [0.15, 0.2) is 17.2 Å². The zero-order valence-corrected chi connectivity index (χ0v) is 19.8. The van der Waals surface area contributed by atoms with Gasteiger partial charge in [0.05, 0.1) is 33.5 Å². The first-order chi connectivity index (χ1) is 15.0. The van der Waals surface area contributed by atoms with Crippen molar-refractivity contribution >= 4 is 11.6 Å². The van der Waals surface area contributed by atoms with Crippen molar-refractivity contribution in [3.63, 3.8) is 0 Å². The van der Waals surface area contributed by atoms with Crippen molar-refractivity contribution in [1.29, 1.82) is 0 Å². The molecular weight excluding hydrogens is 418 g/mol. The molecule has 0 aliphatic heterocycles.